The molecule has 170 valence electrons. The van der Waals surface area contributed by atoms with Crippen molar-refractivity contribution < 1.29 is 14.3 Å². The summed E-state index contributed by atoms with van der Waals surface area (Å²) < 4.78 is 5.44. The fraction of sp³-hybridized carbons (Fsp3) is 0.522. The van der Waals surface area contributed by atoms with Crippen LogP contribution in [0.5, 0.6) is 5.75 Å². The van der Waals surface area contributed by atoms with Crippen LogP contribution in [0.15, 0.2) is 35.1 Å². The van der Waals surface area contributed by atoms with Gasteiger partial charge in [0.05, 0.1) is 23.9 Å². The zero-order valence-electron chi connectivity index (χ0n) is 18.6. The molecular formula is C23H30N6O3. The second kappa shape index (κ2) is 7.81. The minimum Gasteiger partial charge on any atom is -0.495 e. The van der Waals surface area contributed by atoms with Crippen molar-refractivity contribution in [2.24, 2.45) is 16.1 Å². The predicted octanol–water partition coefficient (Wildman–Crippen LogP) is 1.83. The Morgan fingerprint density at radius 3 is 2.72 bits per heavy atom. The van der Waals surface area contributed by atoms with Gasteiger partial charge >= 0.3 is 0 Å². The molecule has 2 heterocycles. The summed E-state index contributed by atoms with van der Waals surface area (Å²) in [6, 6.07) is 5.44. The van der Waals surface area contributed by atoms with Crippen molar-refractivity contribution in [2.45, 2.75) is 50.7 Å². The van der Waals surface area contributed by atoms with Gasteiger partial charge in [0.25, 0.3) is 0 Å². The molecule has 4 N–H and O–H groups in total. The number of rotatable bonds is 4. The van der Waals surface area contributed by atoms with Crippen molar-refractivity contribution in [3.05, 3.63) is 35.7 Å². The number of benzene rings is 1. The molecule has 9 heteroatoms. The molecule has 1 spiro atoms. The van der Waals surface area contributed by atoms with Crippen molar-refractivity contribution in [3.63, 3.8) is 0 Å². The Morgan fingerprint density at radius 1 is 1.31 bits per heavy atom. The zero-order valence-corrected chi connectivity index (χ0v) is 18.6. The van der Waals surface area contributed by atoms with Crippen LogP contribution in [0.4, 0.5) is 5.69 Å². The Balaban J connectivity index is 1.46. The third-order valence-corrected chi connectivity index (χ3v) is 7.20. The van der Waals surface area contributed by atoms with Crippen LogP contribution in [-0.2, 0) is 4.79 Å². The Hall–Kier alpha value is -3.07. The Bertz CT molecular complexity index is 1010. The fourth-order valence-corrected chi connectivity index (χ4v) is 5.16. The molecule has 2 aliphatic carbocycles. The van der Waals surface area contributed by atoms with Crippen LogP contribution in [0, 0.1) is 5.41 Å². The SMILES string of the molecule is COc1cc(C(N)=O)ccc1NC1=NC2C(=CN1)N(C)C(=O)C1(CC1)CN2C1CCCC1. The highest BCUT2D eigenvalue weighted by molar-refractivity contribution is 5.99. The Labute approximate surface area is 187 Å². The van der Waals surface area contributed by atoms with E-state index in [1.54, 1.807) is 30.2 Å². The molecule has 0 bridgehead atoms. The van der Waals surface area contributed by atoms with E-state index in [1.807, 2.05) is 13.2 Å². The smallest absolute Gasteiger partial charge is 0.248 e. The molecule has 1 aromatic rings. The Morgan fingerprint density at radius 2 is 2.06 bits per heavy atom. The first-order valence-electron chi connectivity index (χ1n) is 11.2. The van der Waals surface area contributed by atoms with Gasteiger partial charge in [-0.05, 0) is 43.9 Å². The molecule has 1 aromatic carbocycles. The summed E-state index contributed by atoms with van der Waals surface area (Å²) in [6.45, 7) is 0.760. The number of nitrogens with one attached hydrogen (secondary N) is 2. The summed E-state index contributed by atoms with van der Waals surface area (Å²) in [7, 11) is 3.41. The number of likely N-dealkylation sites (N-methyl/N-ethyl adjacent to an activating group) is 1. The molecule has 1 saturated heterocycles. The summed E-state index contributed by atoms with van der Waals surface area (Å²) in [4.78, 5) is 34.0. The number of nitrogens with zero attached hydrogens (tertiary/aromatic N) is 3. The molecule has 3 fully saturated rings. The minimum atomic E-state index is -0.511. The van der Waals surface area contributed by atoms with Crippen molar-refractivity contribution >= 4 is 23.5 Å². The van der Waals surface area contributed by atoms with E-state index < -0.39 is 5.91 Å². The number of aliphatic imine (C=N–C) groups is 1. The second-order valence-electron chi connectivity index (χ2n) is 9.22. The molecule has 4 aliphatic rings. The molecule has 2 aliphatic heterocycles. The van der Waals surface area contributed by atoms with E-state index in [0.29, 0.717) is 29.0 Å². The first kappa shape index (κ1) is 20.8. The van der Waals surface area contributed by atoms with Crippen LogP contribution < -0.4 is 21.1 Å². The van der Waals surface area contributed by atoms with Crippen molar-refractivity contribution in [1.29, 1.82) is 0 Å². The van der Waals surface area contributed by atoms with E-state index in [4.69, 9.17) is 15.5 Å². The van der Waals surface area contributed by atoms with E-state index in [9.17, 15) is 9.59 Å². The number of guanidine groups is 1. The number of hydrogen-bond donors (Lipinski definition) is 3. The first-order chi connectivity index (χ1) is 15.4. The largest absolute Gasteiger partial charge is 0.495 e. The number of fused-ring (bicyclic) bond motifs is 1. The highest BCUT2D eigenvalue weighted by Gasteiger charge is 2.57. The number of carbonyl (C=O) groups is 2. The third kappa shape index (κ3) is 3.50. The van der Waals surface area contributed by atoms with E-state index >= 15 is 0 Å². The molecule has 9 nitrogen and oxygen atoms in total. The summed E-state index contributed by atoms with van der Waals surface area (Å²) in [5.41, 5.74) is 7.06. The lowest BCUT2D eigenvalue weighted by Gasteiger charge is -2.37. The third-order valence-electron chi connectivity index (χ3n) is 7.20. The average Bonchev–Trinajstić information content (AvgIpc) is 3.40. The maximum atomic E-state index is 13.2. The first-order valence-corrected chi connectivity index (χ1v) is 11.2. The van der Waals surface area contributed by atoms with Crippen molar-refractivity contribution in [1.82, 2.24) is 15.1 Å². The molecule has 0 radical (unpaired) electrons. The predicted molar refractivity (Wildman–Crippen MR) is 121 cm³/mol. The van der Waals surface area contributed by atoms with Crippen molar-refractivity contribution in [2.75, 3.05) is 26.0 Å². The van der Waals surface area contributed by atoms with Gasteiger partial charge in [0.2, 0.25) is 17.8 Å². The minimum absolute atomic E-state index is 0.200. The summed E-state index contributed by atoms with van der Waals surface area (Å²) in [6.07, 6.45) is 8.28. The number of methoxy groups -OCH3 is 1. The van der Waals surface area contributed by atoms with Crippen LogP contribution in [0.25, 0.3) is 0 Å². The summed E-state index contributed by atoms with van der Waals surface area (Å²) in [5.74, 6) is 0.757. The monoisotopic (exact) mass is 438 g/mol. The van der Waals surface area contributed by atoms with Crippen LogP contribution >= 0.6 is 0 Å². The number of ether oxygens (including phenoxy) is 1. The normalized spacial score (nSPS) is 24.9. The van der Waals surface area contributed by atoms with Gasteiger partial charge in [0.15, 0.2) is 0 Å². The quantitative estimate of drug-likeness (QED) is 0.661. The van der Waals surface area contributed by atoms with E-state index in [0.717, 1.165) is 37.9 Å². The van der Waals surface area contributed by atoms with E-state index in [-0.39, 0.29) is 17.5 Å². The van der Waals surface area contributed by atoms with E-state index in [1.165, 1.54) is 12.8 Å². The van der Waals surface area contributed by atoms with Gasteiger partial charge in [0.1, 0.15) is 11.9 Å². The molecule has 2 saturated carbocycles. The lowest BCUT2D eigenvalue weighted by molar-refractivity contribution is -0.133. The maximum Gasteiger partial charge on any atom is 0.248 e. The van der Waals surface area contributed by atoms with Gasteiger partial charge in [-0.15, -0.1) is 0 Å². The second-order valence-corrected chi connectivity index (χ2v) is 9.22. The van der Waals surface area contributed by atoms with Gasteiger partial charge in [-0.25, -0.2) is 4.99 Å². The Kier molecular flexibility index (Phi) is 5.08. The molecular weight excluding hydrogens is 408 g/mol. The average molecular weight is 439 g/mol. The van der Waals surface area contributed by atoms with Gasteiger partial charge in [-0.3, -0.25) is 14.5 Å². The number of primary amides is 1. The lowest BCUT2D eigenvalue weighted by Crippen LogP contribution is -2.48. The molecule has 32 heavy (non-hydrogen) atoms. The number of nitrogens with two attached hydrogens (primary N) is 1. The number of carbonyl (C=O) groups excluding carboxylic acids is 2. The van der Waals surface area contributed by atoms with Gasteiger partial charge < -0.3 is 26.0 Å². The summed E-state index contributed by atoms with van der Waals surface area (Å²) >= 11 is 0. The van der Waals surface area contributed by atoms with Gasteiger partial charge in [-0.2, -0.15) is 0 Å². The zero-order chi connectivity index (χ0) is 22.5. The van der Waals surface area contributed by atoms with Gasteiger partial charge in [-0.1, -0.05) is 12.8 Å². The number of amides is 2. The van der Waals surface area contributed by atoms with Crippen molar-refractivity contribution in [3.8, 4) is 5.75 Å². The fourth-order valence-electron chi connectivity index (χ4n) is 5.16. The van der Waals surface area contributed by atoms with E-state index in [2.05, 4.69) is 15.5 Å². The number of hydrogen-bond acceptors (Lipinski definition) is 7. The molecule has 1 atom stereocenters. The van der Waals surface area contributed by atoms with Crippen LogP contribution in [0.1, 0.15) is 48.9 Å². The van der Waals surface area contributed by atoms with Crippen LogP contribution in [-0.4, -0.2) is 60.5 Å². The van der Waals surface area contributed by atoms with Gasteiger partial charge in [0, 0.05) is 31.4 Å². The standard InChI is InChI=1S/C23H30N6O3/c1-28-17-12-25-22(26-16-8-7-14(19(24)30)11-18(16)32-2)27-20(17)29(15-5-3-4-6-15)13-23(9-10-23)21(28)31/h7-8,11-12,15,20H,3-6,9-10,13H2,1-2H3,(H2,24,30)(H2,25,26,27). The molecule has 0 aromatic heterocycles. The number of anilines is 1. The topological polar surface area (TPSA) is 112 Å². The molecule has 1 unspecified atom stereocenters. The summed E-state index contributed by atoms with van der Waals surface area (Å²) in [5, 5.41) is 6.48. The van der Waals surface area contributed by atoms with Crippen LogP contribution in [0.2, 0.25) is 0 Å². The lowest BCUT2D eigenvalue weighted by atomic mass is 10.0. The maximum absolute atomic E-state index is 13.2. The molecule has 5 rings (SSSR count). The highest BCUT2D eigenvalue weighted by atomic mass is 16.5. The highest BCUT2D eigenvalue weighted by Crippen LogP contribution is 2.51. The molecule has 2 amide bonds. The van der Waals surface area contributed by atoms with Crippen LogP contribution in [0.3, 0.4) is 0 Å².